The third-order valence-electron chi connectivity index (χ3n) is 3.74. The van der Waals surface area contributed by atoms with E-state index in [-0.39, 0.29) is 37.3 Å². The lowest BCUT2D eigenvalue weighted by molar-refractivity contribution is -0.862. The normalized spacial score (nSPS) is 11.7. The topological polar surface area (TPSA) is 62.6 Å². The summed E-state index contributed by atoms with van der Waals surface area (Å²) < 4.78 is 13.5. The molecule has 2 rings (SSSR count). The Morgan fingerprint density at radius 3 is 2.42 bits per heavy atom. The van der Waals surface area contributed by atoms with E-state index in [4.69, 9.17) is 0 Å². The highest BCUT2D eigenvalue weighted by atomic mass is 32.2. The number of benzene rings is 2. The van der Waals surface area contributed by atoms with Crippen LogP contribution in [0, 0.1) is 5.82 Å². The van der Waals surface area contributed by atoms with Gasteiger partial charge in [-0.15, -0.1) is 11.8 Å². The molecule has 0 fully saturated rings. The van der Waals surface area contributed by atoms with Crippen molar-refractivity contribution < 1.29 is 18.9 Å². The Morgan fingerprint density at radius 1 is 1.04 bits per heavy atom. The van der Waals surface area contributed by atoms with Gasteiger partial charge in [0.15, 0.2) is 13.1 Å². The molecular formula is C19H23FN3O2S+. The maximum atomic E-state index is 13.5. The van der Waals surface area contributed by atoms with E-state index in [1.807, 2.05) is 30.5 Å². The molecule has 0 saturated carbocycles. The third-order valence-corrected chi connectivity index (χ3v) is 4.54. The smallest absolute Gasteiger partial charge is 0.279 e. The first-order valence-electron chi connectivity index (χ1n) is 8.24. The minimum atomic E-state index is -0.347. The molecule has 0 aliphatic carbocycles. The molecule has 0 bridgehead atoms. The van der Waals surface area contributed by atoms with Gasteiger partial charge in [0.25, 0.3) is 11.8 Å². The van der Waals surface area contributed by atoms with Crippen LogP contribution in [0.4, 0.5) is 10.1 Å². The second-order valence-corrected chi connectivity index (χ2v) is 6.78. The first-order chi connectivity index (χ1) is 12.5. The predicted octanol–water partition coefficient (Wildman–Crippen LogP) is 1.32. The summed E-state index contributed by atoms with van der Waals surface area (Å²) in [4.78, 5) is 25.9. The van der Waals surface area contributed by atoms with Gasteiger partial charge in [-0.05, 0) is 24.5 Å². The Morgan fingerprint density at radius 2 is 1.69 bits per heavy atom. The predicted molar refractivity (Wildman–Crippen MR) is 102 cm³/mol. The molecule has 5 nitrogen and oxygen atoms in total. The molecule has 2 aromatic carbocycles. The molecule has 0 aliphatic rings. The molecule has 0 aliphatic heterocycles. The maximum absolute atomic E-state index is 13.5. The number of para-hydroxylation sites is 1. The average molecular weight is 376 g/mol. The van der Waals surface area contributed by atoms with Crippen LogP contribution in [0.5, 0.6) is 0 Å². The van der Waals surface area contributed by atoms with E-state index in [2.05, 4.69) is 10.6 Å². The van der Waals surface area contributed by atoms with Gasteiger partial charge in [-0.2, -0.15) is 0 Å². The SMILES string of the molecule is CSc1ccccc1NC(=O)C[NH+](C)CC(=O)NCc1ccccc1F. The van der Waals surface area contributed by atoms with Crippen LogP contribution in [0.15, 0.2) is 53.4 Å². The number of anilines is 1. The Balaban J connectivity index is 1.78. The summed E-state index contributed by atoms with van der Waals surface area (Å²) in [7, 11) is 1.77. The van der Waals surface area contributed by atoms with Gasteiger partial charge in [-0.25, -0.2) is 4.39 Å². The summed E-state index contributed by atoms with van der Waals surface area (Å²) in [5.41, 5.74) is 1.20. The van der Waals surface area contributed by atoms with Gasteiger partial charge in [-0.3, -0.25) is 9.59 Å². The molecule has 26 heavy (non-hydrogen) atoms. The van der Waals surface area contributed by atoms with Crippen LogP contribution >= 0.6 is 11.8 Å². The molecule has 1 unspecified atom stereocenters. The Bertz CT molecular complexity index is 770. The van der Waals surface area contributed by atoms with Crippen molar-refractivity contribution in [2.75, 3.05) is 31.7 Å². The van der Waals surface area contributed by atoms with E-state index in [0.29, 0.717) is 5.56 Å². The molecule has 0 heterocycles. The Hall–Kier alpha value is -2.38. The highest BCUT2D eigenvalue weighted by Crippen LogP contribution is 2.24. The molecule has 7 heteroatoms. The van der Waals surface area contributed by atoms with Gasteiger partial charge in [0.05, 0.1) is 12.7 Å². The van der Waals surface area contributed by atoms with Crippen LogP contribution in [0.3, 0.4) is 0 Å². The van der Waals surface area contributed by atoms with Crippen molar-refractivity contribution in [3.63, 3.8) is 0 Å². The molecular weight excluding hydrogens is 353 g/mol. The number of halogens is 1. The van der Waals surface area contributed by atoms with Gasteiger partial charge in [0.2, 0.25) is 0 Å². The third kappa shape index (κ3) is 6.16. The minimum absolute atomic E-state index is 0.131. The van der Waals surface area contributed by atoms with Gasteiger partial charge in [0.1, 0.15) is 5.82 Å². The zero-order valence-corrected chi connectivity index (χ0v) is 15.7. The van der Waals surface area contributed by atoms with Crippen LogP contribution < -0.4 is 15.5 Å². The minimum Gasteiger partial charge on any atom is -0.347 e. The Labute approximate surface area is 157 Å². The van der Waals surface area contributed by atoms with E-state index in [0.717, 1.165) is 15.5 Å². The lowest BCUT2D eigenvalue weighted by atomic mass is 10.2. The standard InChI is InChI=1S/C19H22FN3O2S/c1-23(12-18(24)21-11-14-7-3-4-8-15(14)20)13-19(25)22-16-9-5-6-10-17(16)26-2/h3-10H,11-13H2,1-2H3,(H,21,24)(H,22,25)/p+1. The van der Waals surface area contributed by atoms with Crippen molar-refractivity contribution in [2.45, 2.75) is 11.4 Å². The number of rotatable bonds is 8. The number of hydrogen-bond donors (Lipinski definition) is 3. The number of amides is 2. The molecule has 0 saturated heterocycles. The van der Waals surface area contributed by atoms with Crippen molar-refractivity contribution >= 4 is 29.3 Å². The summed E-state index contributed by atoms with van der Waals surface area (Å²) in [6.45, 7) is 0.425. The van der Waals surface area contributed by atoms with Crippen molar-refractivity contribution in [3.8, 4) is 0 Å². The van der Waals surface area contributed by atoms with Crippen LogP contribution in [0.1, 0.15) is 5.56 Å². The van der Waals surface area contributed by atoms with Crippen LogP contribution in [-0.4, -0.2) is 38.2 Å². The molecule has 0 radical (unpaired) electrons. The fourth-order valence-corrected chi connectivity index (χ4v) is 3.00. The summed E-state index contributed by atoms with van der Waals surface area (Å²) >= 11 is 1.56. The number of quaternary nitrogens is 1. The van der Waals surface area contributed by atoms with Crippen LogP contribution in [0.25, 0.3) is 0 Å². The van der Waals surface area contributed by atoms with E-state index < -0.39 is 0 Å². The lowest BCUT2D eigenvalue weighted by Gasteiger charge is -2.15. The van der Waals surface area contributed by atoms with E-state index >= 15 is 0 Å². The quantitative estimate of drug-likeness (QED) is 0.609. The summed E-state index contributed by atoms with van der Waals surface area (Å²) in [5.74, 6) is -0.741. The zero-order chi connectivity index (χ0) is 18.9. The number of hydrogen-bond acceptors (Lipinski definition) is 3. The molecule has 3 N–H and O–H groups in total. The number of carbonyl (C=O) groups excluding carboxylic acids is 2. The number of thioether (sulfide) groups is 1. The Kier molecular flexibility index (Phi) is 7.62. The van der Waals surface area contributed by atoms with E-state index in [9.17, 15) is 14.0 Å². The van der Waals surface area contributed by atoms with Gasteiger partial charge >= 0.3 is 0 Å². The highest BCUT2D eigenvalue weighted by molar-refractivity contribution is 7.98. The van der Waals surface area contributed by atoms with Crippen molar-refractivity contribution in [3.05, 3.63) is 59.9 Å². The molecule has 138 valence electrons. The summed E-state index contributed by atoms with van der Waals surface area (Å²) in [6, 6.07) is 13.9. The largest absolute Gasteiger partial charge is 0.347 e. The number of nitrogens with one attached hydrogen (secondary N) is 3. The highest BCUT2D eigenvalue weighted by Gasteiger charge is 2.15. The monoisotopic (exact) mass is 376 g/mol. The second kappa shape index (κ2) is 9.94. The van der Waals surface area contributed by atoms with Gasteiger partial charge < -0.3 is 15.5 Å². The summed E-state index contributed by atoms with van der Waals surface area (Å²) in [6.07, 6.45) is 1.95. The molecule has 0 aromatic heterocycles. The lowest BCUT2D eigenvalue weighted by Crippen LogP contribution is -3.11. The van der Waals surface area contributed by atoms with E-state index in [1.54, 1.807) is 37.0 Å². The molecule has 2 amide bonds. The molecule has 1 atom stereocenters. The van der Waals surface area contributed by atoms with E-state index in [1.165, 1.54) is 6.07 Å². The number of likely N-dealkylation sites (N-methyl/N-ethyl adjacent to an activating group) is 1. The van der Waals surface area contributed by atoms with Crippen molar-refractivity contribution in [1.82, 2.24) is 5.32 Å². The van der Waals surface area contributed by atoms with Crippen LogP contribution in [-0.2, 0) is 16.1 Å². The fraction of sp³-hybridized carbons (Fsp3) is 0.263. The number of carbonyl (C=O) groups is 2. The fourth-order valence-electron chi connectivity index (χ4n) is 2.45. The zero-order valence-electron chi connectivity index (χ0n) is 14.8. The first kappa shape index (κ1) is 19.9. The van der Waals surface area contributed by atoms with Crippen LogP contribution in [0.2, 0.25) is 0 Å². The van der Waals surface area contributed by atoms with Crippen molar-refractivity contribution in [1.29, 1.82) is 0 Å². The van der Waals surface area contributed by atoms with Crippen molar-refractivity contribution in [2.24, 2.45) is 0 Å². The summed E-state index contributed by atoms with van der Waals surface area (Å²) in [5, 5.41) is 5.55. The van der Waals surface area contributed by atoms with Gasteiger partial charge in [0, 0.05) is 17.0 Å². The molecule has 2 aromatic rings. The molecule has 0 spiro atoms. The first-order valence-corrected chi connectivity index (χ1v) is 9.46. The second-order valence-electron chi connectivity index (χ2n) is 5.93. The maximum Gasteiger partial charge on any atom is 0.279 e. The van der Waals surface area contributed by atoms with Gasteiger partial charge in [-0.1, -0.05) is 30.3 Å². The average Bonchev–Trinajstić information content (AvgIpc) is 2.61.